The molecule has 0 unspecified atom stereocenters. The SMILES string of the molecule is c1ccc(-c2ccccc2-c2cccc(N(c3ccc4c(c3)C(c3ccccc3)(c3ccccc3)c3ccccc3-4)c3cccc4c3-c3ccccc3C43c4ccccc4N(c4ccccc4)c4ccccc43)c2)cc1. The highest BCUT2D eigenvalue weighted by molar-refractivity contribution is 6.02. The molecule has 0 radical (unpaired) electrons. The smallest absolute Gasteiger partial charge is 0.0755 e. The molecule has 2 nitrogen and oxygen atoms in total. The van der Waals surface area contributed by atoms with Gasteiger partial charge in [-0.25, -0.2) is 0 Å². The van der Waals surface area contributed by atoms with E-state index in [0.717, 1.165) is 28.3 Å². The second-order valence-electron chi connectivity index (χ2n) is 20.3. The van der Waals surface area contributed by atoms with Crippen molar-refractivity contribution in [1.82, 2.24) is 0 Å². The van der Waals surface area contributed by atoms with Gasteiger partial charge in [0.25, 0.3) is 0 Å². The van der Waals surface area contributed by atoms with Gasteiger partial charge in [0.15, 0.2) is 0 Å². The summed E-state index contributed by atoms with van der Waals surface area (Å²) >= 11 is 0. The van der Waals surface area contributed by atoms with Gasteiger partial charge in [0.2, 0.25) is 0 Å². The molecule has 2 heteroatoms. The van der Waals surface area contributed by atoms with Gasteiger partial charge in [0.1, 0.15) is 0 Å². The van der Waals surface area contributed by atoms with Gasteiger partial charge >= 0.3 is 0 Å². The maximum atomic E-state index is 2.56. The molecule has 15 rings (SSSR count). The summed E-state index contributed by atoms with van der Waals surface area (Å²) in [5.41, 5.74) is 25.4. The van der Waals surface area contributed by atoms with Crippen LogP contribution in [0.2, 0.25) is 0 Å². The average molecular weight is 967 g/mol. The van der Waals surface area contributed by atoms with Crippen LogP contribution in [0.1, 0.15) is 44.5 Å². The highest BCUT2D eigenvalue weighted by Crippen LogP contribution is 2.66. The Morgan fingerprint density at radius 3 is 1.36 bits per heavy atom. The van der Waals surface area contributed by atoms with Crippen LogP contribution in [0.3, 0.4) is 0 Å². The molecular formula is C74H50N2. The van der Waals surface area contributed by atoms with E-state index in [2.05, 4.69) is 313 Å². The van der Waals surface area contributed by atoms with Crippen LogP contribution >= 0.6 is 0 Å². The van der Waals surface area contributed by atoms with Gasteiger partial charge in [-0.1, -0.05) is 249 Å². The van der Waals surface area contributed by atoms with Gasteiger partial charge in [-0.15, -0.1) is 0 Å². The van der Waals surface area contributed by atoms with Gasteiger partial charge in [-0.05, 0) is 138 Å². The third-order valence-corrected chi connectivity index (χ3v) is 16.5. The van der Waals surface area contributed by atoms with E-state index in [1.165, 1.54) is 94.8 Å². The van der Waals surface area contributed by atoms with Crippen molar-refractivity contribution in [2.75, 3.05) is 9.80 Å². The summed E-state index contributed by atoms with van der Waals surface area (Å²) < 4.78 is 0. The Hall–Kier alpha value is -9.76. The predicted molar refractivity (Wildman–Crippen MR) is 315 cm³/mol. The van der Waals surface area contributed by atoms with Gasteiger partial charge in [0, 0.05) is 22.6 Å². The third kappa shape index (κ3) is 6.28. The standard InChI is InChI=1S/C74H50N2/c1-5-25-51(26-6-1)58-35-13-14-36-59(58)52-27-23-34-56(49-52)75(57-47-48-61-60-37-15-17-39-63(60)73(68(61)50-57,53-28-7-2-8-29-53)54-30-9-3-10-31-54)71-46-24-43-67-72(71)62-38-16-18-40-64(62)74(67)65-41-19-21-44-69(65)76(55-32-11-4-12-33-55)70-45-22-20-42-66(70)74/h1-50H. The van der Waals surface area contributed by atoms with Crippen molar-refractivity contribution in [2.24, 2.45) is 0 Å². The quantitative estimate of drug-likeness (QED) is 0.150. The molecule has 0 bridgehead atoms. The second kappa shape index (κ2) is 17.4. The largest absolute Gasteiger partial charge is 0.310 e. The third-order valence-electron chi connectivity index (χ3n) is 16.5. The molecule has 1 heterocycles. The van der Waals surface area contributed by atoms with E-state index in [4.69, 9.17) is 0 Å². The van der Waals surface area contributed by atoms with Gasteiger partial charge in [-0.2, -0.15) is 0 Å². The van der Waals surface area contributed by atoms with Crippen molar-refractivity contribution in [1.29, 1.82) is 0 Å². The van der Waals surface area contributed by atoms with Crippen molar-refractivity contribution in [3.05, 3.63) is 348 Å². The van der Waals surface area contributed by atoms with Crippen molar-refractivity contribution in [3.8, 4) is 44.5 Å². The van der Waals surface area contributed by atoms with Crippen LogP contribution in [-0.2, 0) is 10.8 Å². The molecule has 3 aliphatic rings. The lowest BCUT2D eigenvalue weighted by atomic mass is 9.64. The summed E-state index contributed by atoms with van der Waals surface area (Å²) in [6, 6.07) is 113. The normalized spacial score (nSPS) is 13.7. The lowest BCUT2D eigenvalue weighted by Crippen LogP contribution is -2.36. The first-order valence-electron chi connectivity index (χ1n) is 26.4. The summed E-state index contributed by atoms with van der Waals surface area (Å²) in [7, 11) is 0. The molecule has 12 aromatic rings. The zero-order valence-electron chi connectivity index (χ0n) is 41.8. The molecule has 12 aromatic carbocycles. The molecule has 76 heavy (non-hydrogen) atoms. The van der Waals surface area contributed by atoms with E-state index in [1.807, 2.05) is 0 Å². The molecule has 356 valence electrons. The molecule has 0 saturated heterocycles. The maximum absolute atomic E-state index is 2.56. The van der Waals surface area contributed by atoms with Crippen LogP contribution in [0.25, 0.3) is 44.5 Å². The Labute approximate surface area is 444 Å². The number of anilines is 6. The topological polar surface area (TPSA) is 6.48 Å². The zero-order valence-corrected chi connectivity index (χ0v) is 41.8. The number of nitrogens with zero attached hydrogens (tertiary/aromatic N) is 2. The molecular weight excluding hydrogens is 917 g/mol. The van der Waals surface area contributed by atoms with Crippen LogP contribution in [0.15, 0.2) is 303 Å². The van der Waals surface area contributed by atoms with E-state index in [9.17, 15) is 0 Å². The molecule has 0 saturated carbocycles. The number of fused-ring (bicyclic) bond motifs is 12. The Bertz CT molecular complexity index is 4090. The highest BCUT2D eigenvalue weighted by Gasteiger charge is 2.53. The monoisotopic (exact) mass is 966 g/mol. The maximum Gasteiger partial charge on any atom is 0.0755 e. The summed E-state index contributed by atoms with van der Waals surface area (Å²) in [6.07, 6.45) is 0. The second-order valence-corrected chi connectivity index (χ2v) is 20.3. The first-order valence-corrected chi connectivity index (χ1v) is 26.4. The summed E-state index contributed by atoms with van der Waals surface area (Å²) in [6.45, 7) is 0. The molecule has 0 amide bonds. The minimum atomic E-state index is -0.627. The molecule has 2 aliphatic carbocycles. The Morgan fingerprint density at radius 2 is 0.711 bits per heavy atom. The van der Waals surface area contributed by atoms with E-state index >= 15 is 0 Å². The fraction of sp³-hybridized carbons (Fsp3) is 0.0270. The lowest BCUT2D eigenvalue weighted by molar-refractivity contribution is 0.752. The highest BCUT2D eigenvalue weighted by atomic mass is 15.2. The predicted octanol–water partition coefficient (Wildman–Crippen LogP) is 19.0. The van der Waals surface area contributed by atoms with E-state index in [1.54, 1.807) is 0 Å². The Morgan fingerprint density at radius 1 is 0.263 bits per heavy atom. The van der Waals surface area contributed by atoms with Gasteiger partial charge in [0.05, 0.1) is 27.9 Å². The Kier molecular flexibility index (Phi) is 10.0. The molecule has 0 atom stereocenters. The van der Waals surface area contributed by atoms with Crippen molar-refractivity contribution in [3.63, 3.8) is 0 Å². The van der Waals surface area contributed by atoms with E-state index in [-0.39, 0.29) is 0 Å². The fourth-order valence-corrected chi connectivity index (χ4v) is 13.6. The van der Waals surface area contributed by atoms with Gasteiger partial charge in [-0.3, -0.25) is 0 Å². The first-order chi connectivity index (χ1) is 37.7. The summed E-state index contributed by atoms with van der Waals surface area (Å²) in [5, 5.41) is 0. The van der Waals surface area contributed by atoms with Crippen LogP contribution in [0.5, 0.6) is 0 Å². The van der Waals surface area contributed by atoms with E-state index in [0.29, 0.717) is 0 Å². The van der Waals surface area contributed by atoms with Crippen molar-refractivity contribution < 1.29 is 0 Å². The molecule has 1 aliphatic heterocycles. The number of para-hydroxylation sites is 3. The molecule has 0 N–H and O–H groups in total. The molecule has 1 spiro atoms. The average Bonchev–Trinajstić information content (AvgIpc) is 4.11. The van der Waals surface area contributed by atoms with E-state index < -0.39 is 10.8 Å². The van der Waals surface area contributed by atoms with Crippen LogP contribution in [0.4, 0.5) is 34.1 Å². The summed E-state index contributed by atoms with van der Waals surface area (Å²) in [5.74, 6) is 0. The van der Waals surface area contributed by atoms with Crippen molar-refractivity contribution >= 4 is 34.1 Å². The number of benzene rings is 12. The number of hydrogen-bond donors (Lipinski definition) is 0. The lowest BCUT2D eigenvalue weighted by Gasteiger charge is -2.45. The molecule has 0 fully saturated rings. The van der Waals surface area contributed by atoms with Crippen LogP contribution in [0, 0.1) is 0 Å². The summed E-state index contributed by atoms with van der Waals surface area (Å²) in [4.78, 5) is 5.02. The van der Waals surface area contributed by atoms with Gasteiger partial charge < -0.3 is 9.80 Å². The zero-order chi connectivity index (χ0) is 50.2. The first kappa shape index (κ1) is 43.8. The van der Waals surface area contributed by atoms with Crippen molar-refractivity contribution in [2.45, 2.75) is 10.8 Å². The number of hydrogen-bond acceptors (Lipinski definition) is 2. The number of rotatable bonds is 8. The fourth-order valence-electron chi connectivity index (χ4n) is 13.6. The Balaban J connectivity index is 1.02. The van der Waals surface area contributed by atoms with Crippen LogP contribution in [-0.4, -0.2) is 0 Å². The minimum absolute atomic E-state index is 0.581. The minimum Gasteiger partial charge on any atom is -0.310 e. The van der Waals surface area contributed by atoms with Crippen LogP contribution < -0.4 is 9.80 Å². The molecule has 0 aromatic heterocycles.